The van der Waals surface area contributed by atoms with Crippen LogP contribution in [0.5, 0.6) is 0 Å². The number of quaternary nitrogens is 1. The van der Waals surface area contributed by atoms with Gasteiger partial charge in [-0.15, -0.1) is 0 Å². The van der Waals surface area contributed by atoms with Crippen molar-refractivity contribution in [2.24, 2.45) is 17.8 Å². The molecule has 0 bridgehead atoms. The molecule has 0 aliphatic rings. The molecule has 0 amide bonds. The quantitative estimate of drug-likeness (QED) is 0.0498. The van der Waals surface area contributed by atoms with Gasteiger partial charge in [0.2, 0.25) is 0 Å². The predicted molar refractivity (Wildman–Crippen MR) is 163 cm³/mol. The van der Waals surface area contributed by atoms with Crippen molar-refractivity contribution in [2.75, 3.05) is 26.2 Å². The van der Waals surface area contributed by atoms with Gasteiger partial charge in [-0.3, -0.25) is 14.4 Å². The van der Waals surface area contributed by atoms with Gasteiger partial charge in [0, 0.05) is 0 Å². The normalized spacial score (nSPS) is 15.5. The fourth-order valence-corrected chi connectivity index (χ4v) is 5.70. The molecule has 40 heavy (non-hydrogen) atoms. The van der Waals surface area contributed by atoms with Crippen LogP contribution in [0.4, 0.5) is 0 Å². The molecule has 0 aromatic carbocycles. The van der Waals surface area contributed by atoms with Crippen LogP contribution < -0.4 is 0 Å². The summed E-state index contributed by atoms with van der Waals surface area (Å²) in [4.78, 5) is 34.9. The van der Waals surface area contributed by atoms with Gasteiger partial charge < -0.3 is 19.8 Å². The molecule has 0 radical (unpaired) electrons. The molecule has 7 heteroatoms. The van der Waals surface area contributed by atoms with Crippen molar-refractivity contribution >= 4 is 17.9 Å². The predicted octanol–water partition coefficient (Wildman–Crippen LogP) is 8.17. The first-order valence-corrected chi connectivity index (χ1v) is 16.2. The van der Waals surface area contributed by atoms with Crippen molar-refractivity contribution in [3.05, 3.63) is 12.2 Å². The monoisotopic (exact) mass is 568 g/mol. The van der Waals surface area contributed by atoms with Crippen LogP contribution in [0.15, 0.2) is 12.2 Å². The summed E-state index contributed by atoms with van der Waals surface area (Å²) >= 11 is 0. The van der Waals surface area contributed by atoms with E-state index in [0.717, 1.165) is 25.7 Å². The second-order valence-corrected chi connectivity index (χ2v) is 12.3. The molecule has 0 aliphatic carbocycles. The third kappa shape index (κ3) is 20.1. The van der Waals surface area contributed by atoms with Gasteiger partial charge in [-0.05, 0) is 59.3 Å². The van der Waals surface area contributed by atoms with Crippen LogP contribution in [0, 0.1) is 17.8 Å². The van der Waals surface area contributed by atoms with E-state index in [1.165, 1.54) is 83.5 Å². The summed E-state index contributed by atoms with van der Waals surface area (Å²) in [7, 11) is 0. The highest BCUT2D eigenvalue weighted by Gasteiger charge is 2.38. The molecule has 0 spiro atoms. The number of rotatable bonds is 28. The van der Waals surface area contributed by atoms with Gasteiger partial charge in [-0.25, -0.2) is 0 Å². The number of allylic oxidation sites excluding steroid dienone is 2. The number of carboxylic acids is 3. The maximum atomic E-state index is 11.6. The van der Waals surface area contributed by atoms with Gasteiger partial charge in [-0.1, -0.05) is 89.7 Å². The van der Waals surface area contributed by atoms with Crippen molar-refractivity contribution in [3.63, 3.8) is 0 Å². The van der Waals surface area contributed by atoms with Gasteiger partial charge in [0.25, 0.3) is 0 Å². The minimum atomic E-state index is -0.933. The van der Waals surface area contributed by atoms with E-state index >= 15 is 0 Å². The summed E-state index contributed by atoms with van der Waals surface area (Å²) in [5.41, 5.74) is 0. The lowest BCUT2D eigenvalue weighted by atomic mass is 10.00. The van der Waals surface area contributed by atoms with Crippen LogP contribution in [-0.2, 0) is 14.4 Å². The van der Waals surface area contributed by atoms with Crippen LogP contribution in [0.2, 0.25) is 0 Å². The van der Waals surface area contributed by atoms with Crippen LogP contribution in [0.1, 0.15) is 137 Å². The van der Waals surface area contributed by atoms with Crippen LogP contribution >= 0.6 is 0 Å². The Kier molecular flexibility index (Phi) is 22.7. The molecule has 0 heterocycles. The summed E-state index contributed by atoms with van der Waals surface area (Å²) in [6, 6.07) is 0. The lowest BCUT2D eigenvalue weighted by Gasteiger charge is -2.42. The van der Waals surface area contributed by atoms with Crippen molar-refractivity contribution in [1.82, 2.24) is 0 Å². The Bertz CT molecular complexity index is 652. The van der Waals surface area contributed by atoms with E-state index in [4.69, 9.17) is 0 Å². The molecule has 7 nitrogen and oxygen atoms in total. The van der Waals surface area contributed by atoms with Crippen LogP contribution in [0.25, 0.3) is 0 Å². The van der Waals surface area contributed by atoms with E-state index < -0.39 is 35.7 Å². The van der Waals surface area contributed by atoms with E-state index in [9.17, 15) is 29.7 Å². The Morgan fingerprint density at radius 3 is 1.15 bits per heavy atom. The number of unbranched alkanes of at least 4 members (excludes halogenated alkanes) is 15. The molecule has 0 saturated carbocycles. The van der Waals surface area contributed by atoms with Gasteiger partial charge >= 0.3 is 17.9 Å². The molecular formula is C33H62NO6+. The van der Waals surface area contributed by atoms with E-state index in [-0.39, 0.29) is 24.1 Å². The van der Waals surface area contributed by atoms with E-state index in [0.29, 0.717) is 6.54 Å². The topological polar surface area (TPSA) is 112 Å². The first-order valence-electron chi connectivity index (χ1n) is 16.2. The van der Waals surface area contributed by atoms with Gasteiger partial charge in [0.1, 0.15) is 17.8 Å². The van der Waals surface area contributed by atoms with Gasteiger partial charge in [-0.2, -0.15) is 0 Å². The molecule has 0 aromatic heterocycles. The molecule has 0 rings (SSSR count). The number of carbonyl (C=O) groups is 3. The number of aliphatic carboxylic acids is 3. The Morgan fingerprint density at radius 2 is 0.825 bits per heavy atom. The molecule has 3 unspecified atom stereocenters. The Hall–Kier alpha value is -1.89. The first-order chi connectivity index (χ1) is 19.0. The highest BCUT2D eigenvalue weighted by Crippen LogP contribution is 2.22. The van der Waals surface area contributed by atoms with Crippen LogP contribution in [0.3, 0.4) is 0 Å². The highest BCUT2D eigenvalue weighted by molar-refractivity contribution is 5.70. The molecule has 234 valence electrons. The van der Waals surface area contributed by atoms with Gasteiger partial charge in [0.15, 0.2) is 0 Å². The zero-order chi connectivity index (χ0) is 30.2. The van der Waals surface area contributed by atoms with Crippen molar-refractivity contribution in [1.29, 1.82) is 0 Å². The summed E-state index contributed by atoms with van der Waals surface area (Å²) < 4.78 is 0.223. The van der Waals surface area contributed by atoms with Crippen molar-refractivity contribution < 1.29 is 34.2 Å². The summed E-state index contributed by atoms with van der Waals surface area (Å²) in [5.74, 6) is -4.81. The maximum Gasteiger partial charge on any atom is 0.311 e. The highest BCUT2D eigenvalue weighted by atomic mass is 16.4. The number of hydrogen-bond donors (Lipinski definition) is 3. The average molecular weight is 569 g/mol. The minimum Gasteiger partial charge on any atom is -0.481 e. The third-order valence-corrected chi connectivity index (χ3v) is 8.14. The summed E-state index contributed by atoms with van der Waals surface area (Å²) in [5, 5.41) is 28.6. The Labute approximate surface area is 245 Å². The van der Waals surface area contributed by atoms with Gasteiger partial charge in [0.05, 0.1) is 26.2 Å². The molecule has 0 saturated heterocycles. The molecular weight excluding hydrogens is 506 g/mol. The summed E-state index contributed by atoms with van der Waals surface area (Å²) in [6.07, 6.45) is 25.7. The Balaban J connectivity index is 4.33. The maximum absolute atomic E-state index is 11.6. The smallest absolute Gasteiger partial charge is 0.311 e. The zero-order valence-corrected chi connectivity index (χ0v) is 26.2. The van der Waals surface area contributed by atoms with Crippen molar-refractivity contribution in [3.8, 4) is 0 Å². The number of carboxylic acid groups (broad SMARTS) is 3. The largest absolute Gasteiger partial charge is 0.481 e. The molecule has 3 atom stereocenters. The second-order valence-electron chi connectivity index (χ2n) is 12.3. The zero-order valence-electron chi connectivity index (χ0n) is 26.2. The first kappa shape index (κ1) is 38.1. The fourth-order valence-electron chi connectivity index (χ4n) is 5.70. The minimum absolute atomic E-state index is 0.223. The van der Waals surface area contributed by atoms with Crippen molar-refractivity contribution in [2.45, 2.75) is 137 Å². The fraction of sp³-hybridized carbons (Fsp3) is 0.848. The SMILES string of the molecule is CCCCCCCCC/C=C/CCCCCCCCCC[N+](CC(C)C(=O)O)(CC(C)C(=O)O)CC(C)C(=O)O. The lowest BCUT2D eigenvalue weighted by molar-refractivity contribution is -0.934. The number of nitrogens with zero attached hydrogens (tertiary/aromatic N) is 1. The second kappa shape index (κ2) is 23.8. The summed E-state index contributed by atoms with van der Waals surface area (Å²) in [6.45, 7) is 8.48. The van der Waals surface area contributed by atoms with E-state index in [1.807, 2.05) is 0 Å². The lowest BCUT2D eigenvalue weighted by Crippen LogP contribution is -2.57. The molecule has 3 N–H and O–H groups in total. The van der Waals surface area contributed by atoms with E-state index in [2.05, 4.69) is 19.1 Å². The molecule has 0 aromatic rings. The Morgan fingerprint density at radius 1 is 0.525 bits per heavy atom. The average Bonchev–Trinajstić information content (AvgIpc) is 2.89. The van der Waals surface area contributed by atoms with E-state index in [1.54, 1.807) is 20.8 Å². The standard InChI is InChI=1S/C33H61NO6/c1-5-6-7-8-9-10-11-12-13-14-15-16-17-18-19-20-21-22-23-24-34(25-28(2)31(35)36,26-29(3)32(37)38)27-30(4)33(39)40/h13-14,28-30H,5-12,15-27H2,1-4H3,(H2-,35,36,37,38,39,40)/p+1/b14-13+. The molecule has 0 fully saturated rings. The third-order valence-electron chi connectivity index (χ3n) is 8.14. The number of hydrogen-bond acceptors (Lipinski definition) is 3. The molecule has 0 aliphatic heterocycles. The van der Waals surface area contributed by atoms with Crippen LogP contribution in [-0.4, -0.2) is 63.9 Å².